The van der Waals surface area contributed by atoms with Crippen LogP contribution >= 0.6 is 0 Å². The Morgan fingerprint density at radius 3 is 1.78 bits per heavy atom. The lowest BCUT2D eigenvalue weighted by Gasteiger charge is -2.12. The van der Waals surface area contributed by atoms with Gasteiger partial charge in [0.05, 0.1) is 22.1 Å². The Morgan fingerprint density at radius 1 is 0.327 bits per heavy atom. The van der Waals surface area contributed by atoms with Gasteiger partial charge in [-0.15, -0.1) is 0 Å². The molecule has 256 valence electrons. The van der Waals surface area contributed by atoms with Crippen LogP contribution in [0.3, 0.4) is 0 Å². The molecular formula is C53H34N2. The molecule has 0 aliphatic heterocycles. The second-order valence-corrected chi connectivity index (χ2v) is 14.9. The summed E-state index contributed by atoms with van der Waals surface area (Å²) in [4.78, 5) is 0. The summed E-state index contributed by atoms with van der Waals surface area (Å²) in [5, 5.41) is 7.65. The van der Waals surface area contributed by atoms with Crippen molar-refractivity contribution in [1.29, 1.82) is 0 Å². The first-order chi connectivity index (χ1) is 27.3. The SMILES string of the molecule is c1ccc(-n2c3ccccc3c3cc4c(cc32)Cc2ccc3c5cc(-c6cccc(-c7ccc8ccccc8c7)c6)ccc5n(-c5ccccc5)c3c2-4)cc1. The van der Waals surface area contributed by atoms with Gasteiger partial charge in [0.25, 0.3) is 0 Å². The zero-order valence-electron chi connectivity index (χ0n) is 30.1. The maximum atomic E-state index is 2.51. The van der Waals surface area contributed by atoms with Gasteiger partial charge in [-0.05, 0) is 123 Å². The standard InChI is InChI=1S/C53H34N2/c1-3-16-42(17-4-1)54-49-21-10-9-20-44(49)48-33-46-41(32-51(48)54)30-40-24-26-45-47-31-39(25-27-50(47)55(53(45)52(40)46)43-18-5-2-6-19-43)37-15-11-14-36(29-37)38-23-22-34-12-7-8-13-35(34)28-38/h1-29,31-33H,30H2. The molecule has 0 N–H and O–H groups in total. The van der Waals surface area contributed by atoms with Crippen molar-refractivity contribution >= 4 is 54.4 Å². The van der Waals surface area contributed by atoms with Crippen molar-refractivity contribution in [2.24, 2.45) is 0 Å². The minimum absolute atomic E-state index is 0.913. The largest absolute Gasteiger partial charge is 0.309 e. The van der Waals surface area contributed by atoms with E-state index in [2.05, 4.69) is 203 Å². The molecular weight excluding hydrogens is 665 g/mol. The summed E-state index contributed by atoms with van der Waals surface area (Å²) >= 11 is 0. The fraction of sp³-hybridized carbons (Fsp3) is 0.0189. The summed E-state index contributed by atoms with van der Waals surface area (Å²) in [5.41, 5.74) is 17.7. The molecule has 9 aromatic carbocycles. The smallest absolute Gasteiger partial charge is 0.0622 e. The van der Waals surface area contributed by atoms with E-state index in [-0.39, 0.29) is 0 Å². The van der Waals surface area contributed by atoms with Gasteiger partial charge < -0.3 is 9.13 Å². The molecule has 2 heterocycles. The van der Waals surface area contributed by atoms with Crippen molar-refractivity contribution < 1.29 is 0 Å². The van der Waals surface area contributed by atoms with Gasteiger partial charge in [0.15, 0.2) is 0 Å². The molecule has 0 bridgehead atoms. The minimum atomic E-state index is 0.913. The quantitative estimate of drug-likeness (QED) is 0.173. The Labute approximate surface area is 318 Å². The molecule has 0 saturated carbocycles. The number of rotatable bonds is 4. The van der Waals surface area contributed by atoms with Crippen molar-refractivity contribution in [2.45, 2.75) is 6.42 Å². The minimum Gasteiger partial charge on any atom is -0.309 e. The van der Waals surface area contributed by atoms with E-state index in [1.165, 1.54) is 110 Å². The van der Waals surface area contributed by atoms with E-state index in [9.17, 15) is 0 Å². The maximum Gasteiger partial charge on any atom is 0.0622 e. The Hall–Kier alpha value is -7.16. The number of benzene rings is 9. The van der Waals surface area contributed by atoms with Gasteiger partial charge >= 0.3 is 0 Å². The number of nitrogens with zero attached hydrogens (tertiary/aromatic N) is 2. The summed E-state index contributed by atoms with van der Waals surface area (Å²) < 4.78 is 4.94. The molecule has 0 radical (unpaired) electrons. The van der Waals surface area contributed by atoms with Gasteiger partial charge in [0.1, 0.15) is 0 Å². The van der Waals surface area contributed by atoms with Crippen molar-refractivity contribution in [3.05, 3.63) is 205 Å². The van der Waals surface area contributed by atoms with E-state index in [0.717, 1.165) is 6.42 Å². The average Bonchev–Trinajstić information content (AvgIpc) is 3.90. The highest BCUT2D eigenvalue weighted by Gasteiger charge is 2.27. The Bertz CT molecular complexity index is 3330. The van der Waals surface area contributed by atoms with Crippen LogP contribution in [-0.4, -0.2) is 9.13 Å². The summed E-state index contributed by atoms with van der Waals surface area (Å²) in [6.45, 7) is 0. The molecule has 0 unspecified atom stereocenters. The molecule has 0 saturated heterocycles. The third kappa shape index (κ3) is 4.55. The van der Waals surface area contributed by atoms with E-state index in [1.807, 2.05) is 0 Å². The van der Waals surface area contributed by atoms with Crippen LogP contribution in [0.1, 0.15) is 11.1 Å². The van der Waals surface area contributed by atoms with Crippen LogP contribution in [0.15, 0.2) is 194 Å². The summed E-state index contributed by atoms with van der Waals surface area (Å²) in [5.74, 6) is 0. The Morgan fingerprint density at radius 2 is 0.964 bits per heavy atom. The van der Waals surface area contributed by atoms with Gasteiger partial charge in [-0.1, -0.05) is 127 Å². The highest BCUT2D eigenvalue weighted by atomic mass is 15.0. The fourth-order valence-electron chi connectivity index (χ4n) is 9.37. The van der Waals surface area contributed by atoms with Crippen LogP contribution < -0.4 is 0 Å². The molecule has 55 heavy (non-hydrogen) atoms. The Kier molecular flexibility index (Phi) is 6.43. The van der Waals surface area contributed by atoms with Gasteiger partial charge in [-0.2, -0.15) is 0 Å². The second kappa shape index (κ2) is 11.7. The zero-order chi connectivity index (χ0) is 36.0. The molecule has 2 heteroatoms. The molecule has 1 aliphatic rings. The van der Waals surface area contributed by atoms with Gasteiger partial charge in [0.2, 0.25) is 0 Å². The third-order valence-corrected chi connectivity index (χ3v) is 11.9. The predicted molar refractivity (Wildman–Crippen MR) is 232 cm³/mol. The van der Waals surface area contributed by atoms with Crippen LogP contribution in [-0.2, 0) is 6.42 Å². The fourth-order valence-corrected chi connectivity index (χ4v) is 9.37. The molecule has 2 nitrogen and oxygen atoms in total. The monoisotopic (exact) mass is 698 g/mol. The summed E-state index contributed by atoms with van der Waals surface area (Å²) in [6.07, 6.45) is 0.913. The van der Waals surface area contributed by atoms with E-state index in [0.29, 0.717) is 0 Å². The number of para-hydroxylation sites is 3. The first-order valence-corrected chi connectivity index (χ1v) is 19.1. The van der Waals surface area contributed by atoms with Gasteiger partial charge in [-0.25, -0.2) is 0 Å². The average molecular weight is 699 g/mol. The lowest BCUT2D eigenvalue weighted by molar-refractivity contribution is 1.17. The third-order valence-electron chi connectivity index (χ3n) is 11.9. The second-order valence-electron chi connectivity index (χ2n) is 14.9. The molecule has 12 rings (SSSR count). The van der Waals surface area contributed by atoms with E-state index < -0.39 is 0 Å². The van der Waals surface area contributed by atoms with Crippen molar-refractivity contribution in [2.75, 3.05) is 0 Å². The highest BCUT2D eigenvalue weighted by Crippen LogP contribution is 2.48. The van der Waals surface area contributed by atoms with E-state index >= 15 is 0 Å². The lowest BCUT2D eigenvalue weighted by Crippen LogP contribution is -1.95. The zero-order valence-corrected chi connectivity index (χ0v) is 30.1. The van der Waals surface area contributed by atoms with Crippen LogP contribution in [0, 0.1) is 0 Å². The van der Waals surface area contributed by atoms with Crippen LogP contribution in [0.25, 0.3) is 99.1 Å². The molecule has 2 aromatic heterocycles. The first kappa shape index (κ1) is 30.3. The van der Waals surface area contributed by atoms with Crippen LogP contribution in [0.5, 0.6) is 0 Å². The lowest BCUT2D eigenvalue weighted by atomic mass is 9.96. The first-order valence-electron chi connectivity index (χ1n) is 19.1. The van der Waals surface area contributed by atoms with Gasteiger partial charge in [-0.3, -0.25) is 0 Å². The maximum absolute atomic E-state index is 2.51. The molecule has 0 fully saturated rings. The molecule has 0 spiro atoms. The number of aromatic nitrogens is 2. The molecule has 1 aliphatic carbocycles. The molecule has 11 aromatic rings. The Balaban J connectivity index is 1.08. The van der Waals surface area contributed by atoms with E-state index in [1.54, 1.807) is 0 Å². The topological polar surface area (TPSA) is 9.86 Å². The highest BCUT2D eigenvalue weighted by molar-refractivity contribution is 6.18. The summed E-state index contributed by atoms with van der Waals surface area (Å²) in [6, 6.07) is 71.6. The molecule has 0 atom stereocenters. The summed E-state index contributed by atoms with van der Waals surface area (Å²) in [7, 11) is 0. The van der Waals surface area contributed by atoms with Crippen LogP contribution in [0.2, 0.25) is 0 Å². The molecule has 0 amide bonds. The number of hydrogen-bond acceptors (Lipinski definition) is 0. The van der Waals surface area contributed by atoms with Crippen molar-refractivity contribution in [1.82, 2.24) is 9.13 Å². The van der Waals surface area contributed by atoms with E-state index in [4.69, 9.17) is 0 Å². The van der Waals surface area contributed by atoms with Crippen molar-refractivity contribution in [3.8, 4) is 44.8 Å². The number of hydrogen-bond donors (Lipinski definition) is 0. The van der Waals surface area contributed by atoms with Crippen LogP contribution in [0.4, 0.5) is 0 Å². The normalized spacial score (nSPS) is 12.3. The predicted octanol–water partition coefficient (Wildman–Crippen LogP) is 13.9. The van der Waals surface area contributed by atoms with Gasteiger partial charge in [0, 0.05) is 38.5 Å². The van der Waals surface area contributed by atoms with Crippen molar-refractivity contribution in [3.63, 3.8) is 0 Å². The number of fused-ring (bicyclic) bond motifs is 11.